The summed E-state index contributed by atoms with van der Waals surface area (Å²) in [4.78, 5) is 47.0. The van der Waals surface area contributed by atoms with Crippen molar-refractivity contribution in [3.63, 3.8) is 0 Å². The number of aliphatic hydroxyl groups is 1. The molecule has 0 amide bonds. The third kappa shape index (κ3) is 4.60. The number of esters is 2. The lowest BCUT2D eigenvalue weighted by Gasteiger charge is -2.65. The van der Waals surface area contributed by atoms with Crippen molar-refractivity contribution in [2.75, 3.05) is 6.61 Å². The number of ketones is 1. The quantitative estimate of drug-likeness (QED) is 0.276. The molecule has 1 N–H and O–H groups in total. The minimum atomic E-state index is -1.55. The predicted molar refractivity (Wildman–Crippen MR) is 172 cm³/mol. The average molecular weight is 703 g/mol. The van der Waals surface area contributed by atoms with Gasteiger partial charge in [-0.2, -0.15) is 0 Å². The molecule has 0 aromatic carbocycles. The van der Waals surface area contributed by atoms with Gasteiger partial charge < -0.3 is 14.6 Å². The highest BCUT2D eigenvalue weighted by Crippen LogP contribution is 2.72. The van der Waals surface area contributed by atoms with Gasteiger partial charge in [0.1, 0.15) is 0 Å². The lowest BCUT2D eigenvalue weighted by atomic mass is 9.44. The molecule has 4 aliphatic rings. The van der Waals surface area contributed by atoms with E-state index in [0.29, 0.717) is 18.8 Å². The molecule has 0 unspecified atom stereocenters. The first-order chi connectivity index (χ1) is 21.2. The Morgan fingerprint density at radius 1 is 1.11 bits per heavy atom. The third-order valence-electron chi connectivity index (χ3n) is 11.7. The van der Waals surface area contributed by atoms with E-state index < -0.39 is 51.7 Å². The third-order valence-corrected chi connectivity index (χ3v) is 13.0. The van der Waals surface area contributed by atoms with Crippen LogP contribution in [0.15, 0.2) is 34.8 Å². The lowest BCUT2D eigenvalue weighted by Crippen LogP contribution is -2.70. The summed E-state index contributed by atoms with van der Waals surface area (Å²) >= 11 is 11.3. The number of allylic oxidation sites excluding steroid dienone is 1. The van der Waals surface area contributed by atoms with Crippen LogP contribution in [0.25, 0.3) is 12.0 Å². The number of carbonyl (C=O) groups is 3. The Labute approximate surface area is 277 Å². The zero-order chi connectivity index (χ0) is 32.5. The predicted octanol–water partition coefficient (Wildman–Crippen LogP) is 6.00. The van der Waals surface area contributed by atoms with E-state index in [1.54, 1.807) is 26.2 Å². The largest absolute Gasteiger partial charge is 0.457 e. The first kappa shape index (κ1) is 32.4. The minimum Gasteiger partial charge on any atom is -0.457 e. The molecule has 0 spiro atoms. The Morgan fingerprint density at radius 3 is 2.47 bits per heavy atom. The number of Topliss-reactive ketones (excluding diaryl/α,β-unsaturated/α-hetero) is 1. The molecule has 4 aliphatic carbocycles. The van der Waals surface area contributed by atoms with Crippen molar-refractivity contribution in [1.82, 2.24) is 14.5 Å². The molecule has 9 nitrogen and oxygen atoms in total. The van der Waals surface area contributed by atoms with E-state index in [1.807, 2.05) is 30.8 Å². The van der Waals surface area contributed by atoms with Crippen LogP contribution in [0.2, 0.25) is 0 Å². The molecule has 3 fully saturated rings. The molecule has 3 saturated carbocycles. The van der Waals surface area contributed by atoms with Gasteiger partial charge in [0, 0.05) is 54.4 Å². The summed E-state index contributed by atoms with van der Waals surface area (Å²) in [5.41, 5.74) is 0.387. The first-order valence-electron chi connectivity index (χ1n) is 15.9. The smallest absolute Gasteiger partial charge is 0.306 e. The van der Waals surface area contributed by atoms with Crippen LogP contribution in [0.3, 0.4) is 0 Å². The average Bonchev–Trinajstić information content (AvgIpc) is 3.51. The fourth-order valence-electron chi connectivity index (χ4n) is 9.54. The molecule has 0 saturated heterocycles. The standard InChI is InChI=1S/C34H41BrClN3O6/c1-6-28(42)44-18-27(41)34(45-29(43)7-2)19(3)10-25-24-9-8-22-11-20-16-39(30-37-14-23(35)15-38-30)17-21(20)12-31(22,4)33(24,36)26(40)13-32(25,34)5/h11,14-17,19,24-26,40H,6-10,12-13,18H2,1-5H3/t19-,24-,25-,26-,31-,32-,33-,34-/m0/s1. The second kappa shape index (κ2) is 11.3. The zero-order valence-corrected chi connectivity index (χ0v) is 28.8. The van der Waals surface area contributed by atoms with Crippen molar-refractivity contribution in [2.24, 2.45) is 28.6 Å². The summed E-state index contributed by atoms with van der Waals surface area (Å²) in [5, 5.41) is 12.3. The number of ether oxygens (including phenoxy) is 2. The first-order valence-corrected chi connectivity index (χ1v) is 17.1. The molecule has 8 atom stereocenters. The molecule has 2 aromatic rings. The maximum absolute atomic E-state index is 14.1. The Kier molecular flexibility index (Phi) is 8.13. The highest BCUT2D eigenvalue weighted by molar-refractivity contribution is 9.10. The van der Waals surface area contributed by atoms with Crippen molar-refractivity contribution in [3.8, 4) is 5.95 Å². The molecule has 242 valence electrons. The fraction of sp³-hybridized carbons (Fsp3) is 0.618. The van der Waals surface area contributed by atoms with Crippen LogP contribution in [0.4, 0.5) is 0 Å². The lowest BCUT2D eigenvalue weighted by molar-refractivity contribution is -0.204. The van der Waals surface area contributed by atoms with Gasteiger partial charge in [-0.15, -0.1) is 11.6 Å². The summed E-state index contributed by atoms with van der Waals surface area (Å²) in [6.07, 6.45) is 11.9. The van der Waals surface area contributed by atoms with Gasteiger partial charge in [-0.05, 0) is 71.0 Å². The van der Waals surface area contributed by atoms with Crippen molar-refractivity contribution in [2.45, 2.75) is 96.1 Å². The summed E-state index contributed by atoms with van der Waals surface area (Å²) in [5.74, 6) is -1.46. The van der Waals surface area contributed by atoms with E-state index in [-0.39, 0.29) is 37.0 Å². The maximum atomic E-state index is 14.1. The zero-order valence-electron chi connectivity index (χ0n) is 26.4. The van der Waals surface area contributed by atoms with Crippen molar-refractivity contribution in [3.05, 3.63) is 46.0 Å². The van der Waals surface area contributed by atoms with Gasteiger partial charge in [-0.1, -0.05) is 46.3 Å². The van der Waals surface area contributed by atoms with Crippen LogP contribution in [-0.4, -0.2) is 60.5 Å². The minimum absolute atomic E-state index is 0.0994. The summed E-state index contributed by atoms with van der Waals surface area (Å²) in [7, 11) is 0. The molecule has 6 rings (SSSR count). The van der Waals surface area contributed by atoms with Crippen LogP contribution >= 0.6 is 27.5 Å². The number of hydrogen-bond acceptors (Lipinski definition) is 8. The number of alkyl halides is 1. The van der Waals surface area contributed by atoms with E-state index >= 15 is 0 Å². The van der Waals surface area contributed by atoms with Crippen LogP contribution in [0, 0.1) is 28.6 Å². The van der Waals surface area contributed by atoms with Crippen molar-refractivity contribution >= 4 is 51.3 Å². The summed E-state index contributed by atoms with van der Waals surface area (Å²) < 4.78 is 14.2. The second-order valence-electron chi connectivity index (χ2n) is 13.8. The van der Waals surface area contributed by atoms with Gasteiger partial charge in [0.25, 0.3) is 0 Å². The Bertz CT molecular complexity index is 1580. The van der Waals surface area contributed by atoms with Crippen LogP contribution in [0.5, 0.6) is 0 Å². The fourth-order valence-corrected chi connectivity index (χ4v) is 10.3. The number of aromatic nitrogens is 3. The van der Waals surface area contributed by atoms with Gasteiger partial charge in [0.05, 0.1) is 15.5 Å². The Morgan fingerprint density at radius 2 is 1.80 bits per heavy atom. The van der Waals surface area contributed by atoms with E-state index in [2.05, 4.69) is 38.9 Å². The molecule has 45 heavy (non-hydrogen) atoms. The molecule has 2 aromatic heterocycles. The molecule has 0 bridgehead atoms. The van der Waals surface area contributed by atoms with E-state index in [9.17, 15) is 19.5 Å². The molecular formula is C34H41BrClN3O6. The SMILES string of the molecule is CCC(=O)OCC(=O)[C@@]1(OC(=O)CC)[C@@H](C)C[C@H]2[C@@H]3CCC4=Cc5cn(-c6ncc(Br)cn6)cc5C[C@]4(C)[C@@]3(Cl)[C@@H](O)C[C@@]21C. The number of halogens is 2. The molecule has 2 heterocycles. The normalized spacial score (nSPS) is 36.6. The maximum Gasteiger partial charge on any atom is 0.306 e. The van der Waals surface area contributed by atoms with Crippen molar-refractivity contribution in [1.29, 1.82) is 0 Å². The van der Waals surface area contributed by atoms with Crippen LogP contribution < -0.4 is 0 Å². The Balaban J connectivity index is 1.38. The van der Waals surface area contributed by atoms with Crippen LogP contribution in [0.1, 0.15) is 84.3 Å². The number of aliphatic hydroxyl groups excluding tert-OH is 1. The van der Waals surface area contributed by atoms with E-state index in [0.717, 1.165) is 28.4 Å². The van der Waals surface area contributed by atoms with Crippen molar-refractivity contribution < 1.29 is 29.0 Å². The number of nitrogens with zero attached hydrogens (tertiary/aromatic N) is 3. The molecular weight excluding hydrogens is 662 g/mol. The summed E-state index contributed by atoms with van der Waals surface area (Å²) in [6.45, 7) is 8.95. The molecule has 0 aliphatic heterocycles. The Hall–Kier alpha value is -2.56. The van der Waals surface area contributed by atoms with E-state index in [1.165, 1.54) is 5.57 Å². The monoisotopic (exact) mass is 701 g/mol. The van der Waals surface area contributed by atoms with E-state index in [4.69, 9.17) is 21.1 Å². The summed E-state index contributed by atoms with van der Waals surface area (Å²) in [6, 6.07) is 0. The van der Waals surface area contributed by atoms with Gasteiger partial charge in [0.15, 0.2) is 12.2 Å². The molecule has 0 radical (unpaired) electrons. The van der Waals surface area contributed by atoms with Gasteiger partial charge in [-0.3, -0.25) is 19.0 Å². The highest BCUT2D eigenvalue weighted by Gasteiger charge is 2.76. The van der Waals surface area contributed by atoms with Gasteiger partial charge >= 0.3 is 11.9 Å². The van der Waals surface area contributed by atoms with Gasteiger partial charge in [-0.25, -0.2) is 9.97 Å². The number of rotatable bonds is 7. The second-order valence-corrected chi connectivity index (χ2v) is 15.4. The topological polar surface area (TPSA) is 121 Å². The highest BCUT2D eigenvalue weighted by atomic mass is 79.9. The van der Waals surface area contributed by atoms with Crippen LogP contribution in [-0.2, 0) is 30.3 Å². The van der Waals surface area contributed by atoms with Gasteiger partial charge in [0.2, 0.25) is 11.7 Å². The number of hydrogen-bond donors (Lipinski definition) is 1. The number of fused-ring (bicyclic) bond motifs is 6. The molecule has 11 heteroatoms. The number of carbonyl (C=O) groups excluding carboxylic acids is 3.